The van der Waals surface area contributed by atoms with E-state index in [1.54, 1.807) is 6.08 Å². The van der Waals surface area contributed by atoms with Gasteiger partial charge >= 0.3 is 0 Å². The average molecular weight is 634 g/mol. The van der Waals surface area contributed by atoms with Gasteiger partial charge in [-0.15, -0.1) is 0 Å². The molecule has 0 aliphatic carbocycles. The number of nitrogens with one attached hydrogen (secondary N) is 3. The van der Waals surface area contributed by atoms with E-state index in [1.807, 2.05) is 52.2 Å². The van der Waals surface area contributed by atoms with E-state index in [4.69, 9.17) is 4.99 Å². The van der Waals surface area contributed by atoms with Crippen LogP contribution in [-0.2, 0) is 11.3 Å². The smallest absolute Gasteiger partial charge is 0.269 e. The summed E-state index contributed by atoms with van der Waals surface area (Å²) in [4.78, 5) is 23.4. The van der Waals surface area contributed by atoms with E-state index in [2.05, 4.69) is 110 Å². The molecular weight excluding hydrogens is 578 g/mol. The monoisotopic (exact) mass is 633 g/mol. The van der Waals surface area contributed by atoms with E-state index < -0.39 is 0 Å². The third-order valence-corrected chi connectivity index (χ3v) is 7.86. The van der Waals surface area contributed by atoms with Crippen molar-refractivity contribution in [3.8, 4) is 0 Å². The van der Waals surface area contributed by atoms with Gasteiger partial charge in [-0.1, -0.05) is 105 Å². The van der Waals surface area contributed by atoms with E-state index in [-0.39, 0.29) is 11.8 Å². The molecule has 0 spiro atoms. The Labute approximate surface area is 284 Å². The second-order valence-electron chi connectivity index (χ2n) is 11.7. The second-order valence-corrected chi connectivity index (χ2v) is 11.7. The standard InChI is InChI=1S/C41H55N5O/c1-11-14-15-16-18-30(5)33(8)39(36-23-21-35(22-24-36)28-42-10)46-34(9)37(12-2)40(43-13-3)41(47)44-26-25-29(4)27-45-38-31(6)19-17-20-32(38)7/h11,14-24,27,30,42,45H,1,8,12-13,25-26,28H2,2-7,9-10H3,(H,44,47)/b15-14-,18-16-,29-27+,37-34+,43-40?,46-39?. The highest BCUT2D eigenvalue weighted by Gasteiger charge is 2.19. The highest BCUT2D eigenvalue weighted by atomic mass is 16.1. The number of carbonyl (C=O) groups excluding carboxylic acids is 1. The largest absolute Gasteiger partial charge is 0.361 e. The van der Waals surface area contributed by atoms with Crippen molar-refractivity contribution < 1.29 is 4.79 Å². The Morgan fingerprint density at radius 1 is 1.00 bits per heavy atom. The lowest BCUT2D eigenvalue weighted by Crippen LogP contribution is -2.33. The van der Waals surface area contributed by atoms with Crippen molar-refractivity contribution in [3.63, 3.8) is 0 Å². The van der Waals surface area contributed by atoms with E-state index in [0.29, 0.717) is 31.6 Å². The van der Waals surface area contributed by atoms with Gasteiger partial charge in [0.25, 0.3) is 5.91 Å². The molecule has 1 amide bonds. The molecule has 1 unspecified atom stereocenters. The number of hydrogen-bond acceptors (Lipinski definition) is 5. The molecule has 1 atom stereocenters. The van der Waals surface area contributed by atoms with Crippen molar-refractivity contribution >= 4 is 23.0 Å². The van der Waals surface area contributed by atoms with Crippen LogP contribution in [0.3, 0.4) is 0 Å². The first-order valence-corrected chi connectivity index (χ1v) is 16.6. The van der Waals surface area contributed by atoms with Crippen LogP contribution in [0.25, 0.3) is 0 Å². The number of nitrogens with zero attached hydrogens (tertiary/aromatic N) is 2. The van der Waals surface area contributed by atoms with Crippen LogP contribution in [0, 0.1) is 19.8 Å². The predicted octanol–water partition coefficient (Wildman–Crippen LogP) is 8.97. The van der Waals surface area contributed by atoms with Crippen LogP contribution in [0.5, 0.6) is 0 Å². The van der Waals surface area contributed by atoms with Gasteiger partial charge in [0.1, 0.15) is 5.71 Å². The summed E-state index contributed by atoms with van der Waals surface area (Å²) in [6.07, 6.45) is 13.0. The maximum atomic E-state index is 13.6. The average Bonchev–Trinajstić information content (AvgIpc) is 3.05. The third kappa shape index (κ3) is 12.3. The molecule has 0 aromatic heterocycles. The third-order valence-electron chi connectivity index (χ3n) is 7.86. The van der Waals surface area contributed by atoms with Crippen LogP contribution in [0.4, 0.5) is 5.69 Å². The molecule has 250 valence electrons. The molecule has 2 aromatic carbocycles. The van der Waals surface area contributed by atoms with Crippen molar-refractivity contribution in [1.82, 2.24) is 10.6 Å². The molecule has 2 rings (SSSR count). The van der Waals surface area contributed by atoms with Gasteiger partial charge in [0.2, 0.25) is 0 Å². The summed E-state index contributed by atoms with van der Waals surface area (Å²) in [7, 11) is 1.94. The first kappa shape index (κ1) is 38.6. The summed E-state index contributed by atoms with van der Waals surface area (Å²) in [6, 6.07) is 14.6. The van der Waals surface area contributed by atoms with Gasteiger partial charge in [0.15, 0.2) is 0 Å². The Morgan fingerprint density at radius 3 is 2.28 bits per heavy atom. The fourth-order valence-electron chi connectivity index (χ4n) is 5.07. The molecule has 0 saturated carbocycles. The van der Waals surface area contributed by atoms with Gasteiger partial charge in [0, 0.05) is 48.1 Å². The Balaban J connectivity index is 2.37. The van der Waals surface area contributed by atoms with E-state index in [9.17, 15) is 4.79 Å². The number of para-hydroxylation sites is 1. The highest BCUT2D eigenvalue weighted by molar-refractivity contribution is 6.45. The summed E-state index contributed by atoms with van der Waals surface area (Å²) in [5, 5.41) is 9.74. The normalized spacial score (nSPS) is 13.9. The summed E-state index contributed by atoms with van der Waals surface area (Å²) >= 11 is 0. The van der Waals surface area contributed by atoms with Gasteiger partial charge in [-0.25, -0.2) is 0 Å². The molecule has 6 heteroatoms. The zero-order chi connectivity index (χ0) is 34.8. The molecule has 47 heavy (non-hydrogen) atoms. The van der Waals surface area contributed by atoms with Gasteiger partial charge in [0.05, 0.1) is 5.71 Å². The summed E-state index contributed by atoms with van der Waals surface area (Å²) in [6.45, 7) is 24.3. The van der Waals surface area contributed by atoms with Crippen molar-refractivity contribution in [1.29, 1.82) is 0 Å². The number of aliphatic imine (C=N–C) groups is 2. The van der Waals surface area contributed by atoms with Gasteiger partial charge < -0.3 is 16.0 Å². The highest BCUT2D eigenvalue weighted by Crippen LogP contribution is 2.23. The molecule has 0 saturated heterocycles. The Morgan fingerprint density at radius 2 is 1.68 bits per heavy atom. The Kier molecular flexibility index (Phi) is 16.9. The molecule has 6 nitrogen and oxygen atoms in total. The lowest BCUT2D eigenvalue weighted by Gasteiger charge is -2.17. The number of allylic oxidation sites excluding steroid dienone is 7. The fraction of sp³-hybridized carbons (Fsp3) is 0.341. The number of anilines is 1. The molecule has 0 aliphatic heterocycles. The van der Waals surface area contributed by atoms with Crippen molar-refractivity contribution in [2.24, 2.45) is 15.9 Å². The SMILES string of the molecule is C=C/C=C\C=C/C(C)C(=C)C(=N/C(C)=C(\CC)C(=NCC)C(=O)NCC/C(C)=C/Nc1c(C)cccc1C)c1ccc(CNC)cc1. The maximum absolute atomic E-state index is 13.6. The van der Waals surface area contributed by atoms with Crippen molar-refractivity contribution in [2.45, 2.75) is 67.9 Å². The van der Waals surface area contributed by atoms with Gasteiger partial charge in [-0.3, -0.25) is 14.8 Å². The summed E-state index contributed by atoms with van der Waals surface area (Å²) < 4.78 is 0. The first-order valence-electron chi connectivity index (χ1n) is 16.6. The quantitative estimate of drug-likeness (QED) is 0.113. The molecule has 0 radical (unpaired) electrons. The summed E-state index contributed by atoms with van der Waals surface area (Å²) in [5.41, 5.74) is 10.5. The number of benzene rings is 2. The number of rotatable bonds is 18. The minimum atomic E-state index is -0.184. The van der Waals surface area contributed by atoms with Crippen LogP contribution in [0.2, 0.25) is 0 Å². The minimum Gasteiger partial charge on any atom is -0.361 e. The number of carbonyl (C=O) groups is 1. The van der Waals surface area contributed by atoms with Crippen LogP contribution in [0.15, 0.2) is 125 Å². The lowest BCUT2D eigenvalue weighted by atomic mass is 9.92. The predicted molar refractivity (Wildman–Crippen MR) is 204 cm³/mol. The van der Waals surface area contributed by atoms with Crippen molar-refractivity contribution in [3.05, 3.63) is 137 Å². The Bertz CT molecular complexity index is 1530. The van der Waals surface area contributed by atoms with Gasteiger partial charge in [-0.2, -0.15) is 0 Å². The Hall–Kier alpha value is -4.55. The van der Waals surface area contributed by atoms with Crippen LogP contribution in [0.1, 0.15) is 69.7 Å². The number of amides is 1. The molecule has 0 fully saturated rings. The lowest BCUT2D eigenvalue weighted by molar-refractivity contribution is -0.114. The van der Waals surface area contributed by atoms with E-state index in [1.165, 1.54) is 16.7 Å². The molecule has 0 bridgehead atoms. The van der Waals surface area contributed by atoms with Crippen LogP contribution < -0.4 is 16.0 Å². The molecule has 0 heterocycles. The topological polar surface area (TPSA) is 77.9 Å². The van der Waals surface area contributed by atoms with Crippen LogP contribution >= 0.6 is 0 Å². The molecule has 0 aliphatic rings. The second kappa shape index (κ2) is 20.5. The number of aryl methyl sites for hydroxylation is 2. The first-order chi connectivity index (χ1) is 22.6. The fourth-order valence-corrected chi connectivity index (χ4v) is 5.07. The molecule has 3 N–H and O–H groups in total. The maximum Gasteiger partial charge on any atom is 0.269 e. The molecular formula is C41H55N5O. The van der Waals surface area contributed by atoms with Gasteiger partial charge in [-0.05, 0) is 83.0 Å². The van der Waals surface area contributed by atoms with E-state index in [0.717, 1.165) is 45.9 Å². The molecule has 2 aromatic rings. The van der Waals surface area contributed by atoms with Crippen molar-refractivity contribution in [2.75, 3.05) is 25.5 Å². The summed E-state index contributed by atoms with van der Waals surface area (Å²) in [5.74, 6) is -0.151. The minimum absolute atomic E-state index is 0.0330. The zero-order valence-electron chi connectivity index (χ0n) is 29.8. The zero-order valence-corrected chi connectivity index (χ0v) is 29.8. The van der Waals surface area contributed by atoms with Crippen LogP contribution in [-0.4, -0.2) is 37.5 Å². The number of hydrogen-bond donors (Lipinski definition) is 3. The van der Waals surface area contributed by atoms with E-state index >= 15 is 0 Å².